The Bertz CT molecular complexity index is 438. The second-order valence-corrected chi connectivity index (χ2v) is 4.71. The normalized spacial score (nSPS) is 28.1. The van der Waals surface area contributed by atoms with E-state index in [1.54, 1.807) is 0 Å². The van der Waals surface area contributed by atoms with Crippen LogP contribution < -0.4 is 0 Å². The molecule has 0 heterocycles. The van der Waals surface area contributed by atoms with Gasteiger partial charge in [0.25, 0.3) is 0 Å². The number of ketones is 1. The molecule has 1 aromatic rings. The molecule has 1 aliphatic rings. The lowest BCUT2D eigenvalue weighted by Gasteiger charge is -2.29. The minimum atomic E-state index is -0.658. The number of benzene rings is 1. The van der Waals surface area contributed by atoms with Crippen molar-refractivity contribution < 1.29 is 14.3 Å². The maximum Gasteiger partial charge on any atom is 0.317 e. The fourth-order valence-electron chi connectivity index (χ4n) is 2.67. The Hall–Kier alpha value is -1.64. The van der Waals surface area contributed by atoms with Gasteiger partial charge in [0.2, 0.25) is 0 Å². The zero-order valence-electron chi connectivity index (χ0n) is 10.1. The first-order chi connectivity index (χ1) is 8.09. The van der Waals surface area contributed by atoms with Crippen LogP contribution in [0.1, 0.15) is 25.3 Å². The highest BCUT2D eigenvalue weighted by molar-refractivity contribution is 6.02. The van der Waals surface area contributed by atoms with Crippen LogP contribution in [0.2, 0.25) is 0 Å². The molecule has 0 aliphatic heterocycles. The molecule has 1 fully saturated rings. The topological polar surface area (TPSA) is 43.4 Å². The summed E-state index contributed by atoms with van der Waals surface area (Å²) in [7, 11) is 1.33. The summed E-state index contributed by atoms with van der Waals surface area (Å²) in [6.45, 7) is 1.97. The molecular weight excluding hydrogens is 216 g/mol. The molecule has 3 heteroatoms. The Morgan fingerprint density at radius 3 is 2.59 bits per heavy atom. The molecule has 2 atom stereocenters. The highest BCUT2D eigenvalue weighted by Crippen LogP contribution is 2.43. The minimum absolute atomic E-state index is 0.0109. The number of methoxy groups -OCH3 is 1. The molecule has 0 spiro atoms. The van der Waals surface area contributed by atoms with Crippen molar-refractivity contribution in [2.75, 3.05) is 7.11 Å². The van der Waals surface area contributed by atoms with Crippen molar-refractivity contribution in [3.05, 3.63) is 35.9 Å². The van der Waals surface area contributed by atoms with Gasteiger partial charge in [0.1, 0.15) is 11.7 Å². The van der Waals surface area contributed by atoms with Crippen LogP contribution in [0.25, 0.3) is 0 Å². The lowest BCUT2D eigenvalue weighted by Crippen LogP contribution is -2.36. The Morgan fingerprint density at radius 2 is 2.00 bits per heavy atom. The zero-order chi connectivity index (χ0) is 12.5. The Kier molecular flexibility index (Phi) is 3.01. The van der Waals surface area contributed by atoms with Gasteiger partial charge < -0.3 is 4.74 Å². The van der Waals surface area contributed by atoms with Crippen LogP contribution in [-0.2, 0) is 19.7 Å². The molecule has 0 N–H and O–H groups in total. The summed E-state index contributed by atoms with van der Waals surface area (Å²) in [5.41, 5.74) is 0.604. The maximum atomic E-state index is 11.9. The van der Waals surface area contributed by atoms with Gasteiger partial charge in [-0.3, -0.25) is 9.59 Å². The summed E-state index contributed by atoms with van der Waals surface area (Å²) in [4.78, 5) is 23.6. The molecule has 1 unspecified atom stereocenters. The van der Waals surface area contributed by atoms with Gasteiger partial charge in [0.05, 0.1) is 7.11 Å². The van der Waals surface area contributed by atoms with E-state index in [2.05, 4.69) is 0 Å². The average molecular weight is 232 g/mol. The van der Waals surface area contributed by atoms with E-state index < -0.39 is 17.3 Å². The molecule has 0 amide bonds. The highest BCUT2D eigenvalue weighted by Gasteiger charge is 2.50. The Labute approximate surface area is 101 Å². The van der Waals surface area contributed by atoms with Crippen LogP contribution in [0.5, 0.6) is 0 Å². The zero-order valence-corrected chi connectivity index (χ0v) is 10.1. The predicted octanol–water partition coefficient (Wildman–Crippen LogP) is 2.10. The third kappa shape index (κ3) is 1.86. The molecule has 17 heavy (non-hydrogen) atoms. The van der Waals surface area contributed by atoms with Crippen LogP contribution in [0.4, 0.5) is 0 Å². The van der Waals surface area contributed by atoms with Crippen molar-refractivity contribution in [2.45, 2.75) is 25.2 Å². The number of hydrogen-bond acceptors (Lipinski definition) is 3. The third-order valence-corrected chi connectivity index (χ3v) is 3.72. The van der Waals surface area contributed by atoms with Gasteiger partial charge in [-0.15, -0.1) is 0 Å². The number of carbonyl (C=O) groups is 2. The van der Waals surface area contributed by atoms with Gasteiger partial charge in [-0.05, 0) is 12.0 Å². The summed E-state index contributed by atoms with van der Waals surface area (Å²) < 4.78 is 4.76. The van der Waals surface area contributed by atoms with Crippen LogP contribution in [-0.4, -0.2) is 18.9 Å². The molecule has 1 saturated carbocycles. The fourth-order valence-corrected chi connectivity index (χ4v) is 2.67. The minimum Gasteiger partial charge on any atom is -0.468 e. The number of ether oxygens (including phenoxy) is 1. The van der Waals surface area contributed by atoms with E-state index in [1.165, 1.54) is 7.11 Å². The van der Waals surface area contributed by atoms with Gasteiger partial charge in [-0.2, -0.15) is 0 Å². The van der Waals surface area contributed by atoms with Crippen LogP contribution in [0.15, 0.2) is 30.3 Å². The quantitative estimate of drug-likeness (QED) is 0.579. The van der Waals surface area contributed by atoms with Crippen molar-refractivity contribution in [3.63, 3.8) is 0 Å². The van der Waals surface area contributed by atoms with Gasteiger partial charge >= 0.3 is 5.97 Å². The monoisotopic (exact) mass is 232 g/mol. The van der Waals surface area contributed by atoms with E-state index in [0.717, 1.165) is 5.56 Å². The van der Waals surface area contributed by atoms with Crippen LogP contribution in [0, 0.1) is 5.92 Å². The molecule has 90 valence electrons. The second kappa shape index (κ2) is 4.32. The van der Waals surface area contributed by atoms with E-state index in [1.807, 2.05) is 37.3 Å². The molecule has 1 aromatic carbocycles. The second-order valence-electron chi connectivity index (χ2n) is 4.71. The third-order valence-electron chi connectivity index (χ3n) is 3.72. The van der Waals surface area contributed by atoms with E-state index >= 15 is 0 Å². The summed E-state index contributed by atoms with van der Waals surface area (Å²) in [5.74, 6) is -1.09. The lowest BCUT2D eigenvalue weighted by molar-refractivity contribution is -0.150. The maximum absolute atomic E-state index is 11.9. The van der Waals surface area contributed by atoms with Crippen molar-refractivity contribution in [3.8, 4) is 0 Å². The molecule has 0 radical (unpaired) electrons. The molecule has 0 bridgehead atoms. The first-order valence-electron chi connectivity index (χ1n) is 5.75. The van der Waals surface area contributed by atoms with Gasteiger partial charge in [0, 0.05) is 11.8 Å². The SMILES string of the molecule is COC(=O)C1C(=O)CC[C@@]1(C)c1ccccc1. The largest absolute Gasteiger partial charge is 0.468 e. The molecular formula is C14H16O3. The Balaban J connectivity index is 2.42. The number of rotatable bonds is 2. The summed E-state index contributed by atoms with van der Waals surface area (Å²) >= 11 is 0. The number of Topliss-reactive ketones (excluding diaryl/α,β-unsaturated/α-hetero) is 1. The highest BCUT2D eigenvalue weighted by atomic mass is 16.5. The first kappa shape index (κ1) is 11.8. The predicted molar refractivity (Wildman–Crippen MR) is 63.5 cm³/mol. The van der Waals surface area contributed by atoms with E-state index in [-0.39, 0.29) is 5.78 Å². The summed E-state index contributed by atoms with van der Waals surface area (Å²) in [6, 6.07) is 9.72. The average Bonchev–Trinajstić information content (AvgIpc) is 2.67. The molecule has 2 rings (SSSR count). The van der Waals surface area contributed by atoms with Gasteiger partial charge in [-0.1, -0.05) is 37.3 Å². The molecule has 1 aliphatic carbocycles. The van der Waals surface area contributed by atoms with E-state index in [9.17, 15) is 9.59 Å². The van der Waals surface area contributed by atoms with Gasteiger partial charge in [0.15, 0.2) is 0 Å². The first-order valence-corrected chi connectivity index (χ1v) is 5.75. The summed E-state index contributed by atoms with van der Waals surface area (Å²) in [5, 5.41) is 0. The smallest absolute Gasteiger partial charge is 0.317 e. The van der Waals surface area contributed by atoms with E-state index in [4.69, 9.17) is 4.74 Å². The van der Waals surface area contributed by atoms with E-state index in [0.29, 0.717) is 12.8 Å². The number of esters is 1. The van der Waals surface area contributed by atoms with Crippen LogP contribution >= 0.6 is 0 Å². The fraction of sp³-hybridized carbons (Fsp3) is 0.429. The number of carbonyl (C=O) groups excluding carboxylic acids is 2. The molecule has 0 aromatic heterocycles. The molecule has 3 nitrogen and oxygen atoms in total. The van der Waals surface area contributed by atoms with Crippen molar-refractivity contribution in [1.82, 2.24) is 0 Å². The van der Waals surface area contributed by atoms with Crippen molar-refractivity contribution in [1.29, 1.82) is 0 Å². The summed E-state index contributed by atoms with van der Waals surface area (Å²) in [6.07, 6.45) is 1.15. The van der Waals surface area contributed by atoms with Crippen LogP contribution in [0.3, 0.4) is 0 Å². The Morgan fingerprint density at radius 1 is 1.35 bits per heavy atom. The van der Waals surface area contributed by atoms with Crippen molar-refractivity contribution in [2.24, 2.45) is 5.92 Å². The molecule has 0 saturated heterocycles. The number of hydrogen-bond donors (Lipinski definition) is 0. The lowest BCUT2D eigenvalue weighted by atomic mass is 9.74. The van der Waals surface area contributed by atoms with Gasteiger partial charge in [-0.25, -0.2) is 0 Å². The van der Waals surface area contributed by atoms with Crippen molar-refractivity contribution >= 4 is 11.8 Å². The standard InChI is InChI=1S/C14H16O3/c1-14(10-6-4-3-5-7-10)9-8-11(15)12(14)13(16)17-2/h3-7,12H,8-9H2,1-2H3/t12?,14-/m0/s1.